The zero-order valence-electron chi connectivity index (χ0n) is 19.6. The first kappa shape index (κ1) is 23.7. The number of para-hydroxylation sites is 1. The predicted molar refractivity (Wildman–Crippen MR) is 135 cm³/mol. The Hall–Kier alpha value is -3.48. The summed E-state index contributed by atoms with van der Waals surface area (Å²) in [7, 11) is 0. The van der Waals surface area contributed by atoms with Crippen molar-refractivity contribution in [2.75, 3.05) is 6.54 Å². The third kappa shape index (κ3) is 5.71. The largest absolute Gasteiger partial charge is 0.489 e. The average molecular weight is 458 g/mol. The van der Waals surface area contributed by atoms with Crippen molar-refractivity contribution in [3.63, 3.8) is 0 Å². The number of hydrogen-bond donors (Lipinski definition) is 2. The number of rotatable bonds is 10. The quantitative estimate of drug-likeness (QED) is 0.346. The van der Waals surface area contributed by atoms with Crippen LogP contribution in [0.2, 0.25) is 0 Å². The van der Waals surface area contributed by atoms with E-state index < -0.39 is 6.10 Å². The van der Waals surface area contributed by atoms with Crippen molar-refractivity contribution in [3.05, 3.63) is 106 Å². The highest BCUT2D eigenvalue weighted by Gasteiger charge is 2.17. The molecule has 0 saturated heterocycles. The molecule has 6 heteroatoms. The van der Waals surface area contributed by atoms with Crippen molar-refractivity contribution in [2.24, 2.45) is 0 Å². The number of nitrogens with one attached hydrogen (secondary N) is 1. The number of hydrogen-bond acceptors (Lipinski definition) is 5. The Labute approximate surface area is 199 Å². The first-order valence-corrected chi connectivity index (χ1v) is 11.7. The minimum Gasteiger partial charge on any atom is -0.489 e. The summed E-state index contributed by atoms with van der Waals surface area (Å²) in [6, 6.07) is 23.1. The van der Waals surface area contributed by atoms with Gasteiger partial charge in [-0.3, -0.25) is 9.36 Å². The van der Waals surface area contributed by atoms with Gasteiger partial charge in [0.15, 0.2) is 0 Å². The molecule has 4 rings (SSSR count). The highest BCUT2D eigenvalue weighted by molar-refractivity contribution is 5.76. The van der Waals surface area contributed by atoms with Crippen LogP contribution in [0.4, 0.5) is 0 Å². The van der Waals surface area contributed by atoms with Gasteiger partial charge in [0.25, 0.3) is 5.56 Å². The topological polar surface area (TPSA) is 76.4 Å². The molecule has 2 N–H and O–H groups in total. The summed E-state index contributed by atoms with van der Waals surface area (Å²) in [5.41, 5.74) is 3.64. The lowest BCUT2D eigenvalue weighted by Gasteiger charge is -2.22. The number of fused-ring (bicyclic) bond motifs is 1. The van der Waals surface area contributed by atoms with Crippen LogP contribution in [0.25, 0.3) is 10.9 Å². The van der Waals surface area contributed by atoms with Gasteiger partial charge in [-0.05, 0) is 67.8 Å². The highest BCUT2D eigenvalue weighted by Crippen LogP contribution is 2.25. The van der Waals surface area contributed by atoms with E-state index in [2.05, 4.69) is 10.3 Å². The van der Waals surface area contributed by atoms with E-state index in [1.165, 1.54) is 0 Å². The van der Waals surface area contributed by atoms with Crippen LogP contribution in [0.1, 0.15) is 36.1 Å². The standard InChI is InChI=1S/C28H31N3O3/c1-20-17-23(13-14-26(20)34-18-22-9-4-3-5-10-22)27(32)21(2)29-15-8-16-31-19-30-25-12-7-6-11-24(25)28(31)33/h3-7,9-14,17,19,21,27,29,32H,8,15-16,18H2,1-2H3. The van der Waals surface area contributed by atoms with Crippen LogP contribution in [0, 0.1) is 6.92 Å². The Kier molecular flexibility index (Phi) is 7.72. The molecular weight excluding hydrogens is 426 g/mol. The van der Waals surface area contributed by atoms with Crippen LogP contribution in [0.15, 0.2) is 83.9 Å². The van der Waals surface area contributed by atoms with Crippen molar-refractivity contribution in [1.82, 2.24) is 14.9 Å². The summed E-state index contributed by atoms with van der Waals surface area (Å²) in [5, 5.41) is 14.8. The zero-order valence-corrected chi connectivity index (χ0v) is 19.6. The van der Waals surface area contributed by atoms with E-state index in [1.807, 2.05) is 80.6 Å². The monoisotopic (exact) mass is 457 g/mol. The highest BCUT2D eigenvalue weighted by atomic mass is 16.5. The summed E-state index contributed by atoms with van der Waals surface area (Å²) < 4.78 is 7.59. The minimum atomic E-state index is -0.646. The maximum absolute atomic E-state index is 12.6. The van der Waals surface area contributed by atoms with Crippen LogP contribution in [-0.2, 0) is 13.2 Å². The third-order valence-electron chi connectivity index (χ3n) is 6.02. The van der Waals surface area contributed by atoms with Crippen molar-refractivity contribution < 1.29 is 9.84 Å². The molecule has 0 aliphatic heterocycles. The Morgan fingerprint density at radius 1 is 1.06 bits per heavy atom. The van der Waals surface area contributed by atoms with E-state index in [4.69, 9.17) is 4.74 Å². The normalized spacial score (nSPS) is 13.0. The van der Waals surface area contributed by atoms with Crippen LogP contribution in [0.5, 0.6) is 5.75 Å². The molecule has 0 aliphatic rings. The molecule has 2 unspecified atom stereocenters. The fourth-order valence-electron chi connectivity index (χ4n) is 4.00. The number of aliphatic hydroxyl groups excluding tert-OH is 1. The molecule has 6 nitrogen and oxygen atoms in total. The van der Waals surface area contributed by atoms with Gasteiger partial charge in [-0.15, -0.1) is 0 Å². The number of aromatic nitrogens is 2. The number of nitrogens with zero attached hydrogens (tertiary/aromatic N) is 2. The van der Waals surface area contributed by atoms with Crippen molar-refractivity contribution >= 4 is 10.9 Å². The average Bonchev–Trinajstić information content (AvgIpc) is 2.87. The van der Waals surface area contributed by atoms with Gasteiger partial charge in [-0.1, -0.05) is 48.5 Å². The Morgan fingerprint density at radius 2 is 1.82 bits per heavy atom. The molecule has 1 aromatic heterocycles. The molecule has 0 spiro atoms. The summed E-state index contributed by atoms with van der Waals surface area (Å²) in [5.74, 6) is 0.815. The van der Waals surface area contributed by atoms with Gasteiger partial charge in [0, 0.05) is 12.6 Å². The first-order valence-electron chi connectivity index (χ1n) is 11.7. The van der Waals surface area contributed by atoms with Gasteiger partial charge in [-0.25, -0.2) is 4.98 Å². The first-order chi connectivity index (χ1) is 16.5. The molecule has 0 fully saturated rings. The number of aryl methyl sites for hydroxylation is 2. The maximum Gasteiger partial charge on any atom is 0.261 e. The lowest BCUT2D eigenvalue weighted by atomic mass is 10.0. The molecule has 3 aromatic carbocycles. The zero-order chi connectivity index (χ0) is 23.9. The molecule has 0 radical (unpaired) electrons. The van der Waals surface area contributed by atoms with Crippen LogP contribution < -0.4 is 15.6 Å². The van der Waals surface area contributed by atoms with Crippen LogP contribution in [0.3, 0.4) is 0 Å². The molecular formula is C28H31N3O3. The second-order valence-corrected chi connectivity index (χ2v) is 8.60. The van der Waals surface area contributed by atoms with Crippen LogP contribution >= 0.6 is 0 Å². The molecule has 34 heavy (non-hydrogen) atoms. The number of aliphatic hydroxyl groups is 1. The lowest BCUT2D eigenvalue weighted by molar-refractivity contribution is 0.135. The number of benzene rings is 3. The van der Waals surface area contributed by atoms with Gasteiger partial charge in [0.2, 0.25) is 0 Å². The Balaban J connectivity index is 1.28. The second kappa shape index (κ2) is 11.1. The molecule has 0 bridgehead atoms. The molecule has 2 atom stereocenters. The van der Waals surface area contributed by atoms with E-state index in [-0.39, 0.29) is 11.6 Å². The summed E-state index contributed by atoms with van der Waals surface area (Å²) in [6.07, 6.45) is 1.71. The van der Waals surface area contributed by atoms with Crippen molar-refractivity contribution in [2.45, 2.75) is 45.6 Å². The van der Waals surface area contributed by atoms with Crippen molar-refractivity contribution in [3.8, 4) is 5.75 Å². The molecule has 1 heterocycles. The molecule has 4 aromatic rings. The fourth-order valence-corrected chi connectivity index (χ4v) is 4.00. The van der Waals surface area contributed by atoms with Gasteiger partial charge < -0.3 is 15.2 Å². The van der Waals surface area contributed by atoms with Crippen molar-refractivity contribution in [1.29, 1.82) is 0 Å². The van der Waals surface area contributed by atoms with Gasteiger partial charge in [0.1, 0.15) is 12.4 Å². The summed E-state index contributed by atoms with van der Waals surface area (Å²) in [4.78, 5) is 17.0. The Morgan fingerprint density at radius 3 is 2.62 bits per heavy atom. The van der Waals surface area contributed by atoms with E-state index in [0.717, 1.165) is 28.9 Å². The summed E-state index contributed by atoms with van der Waals surface area (Å²) in [6.45, 7) is 5.71. The lowest BCUT2D eigenvalue weighted by Crippen LogP contribution is -2.33. The van der Waals surface area contributed by atoms with E-state index in [1.54, 1.807) is 17.0 Å². The fraction of sp³-hybridized carbons (Fsp3) is 0.286. The second-order valence-electron chi connectivity index (χ2n) is 8.60. The molecule has 0 amide bonds. The van der Waals surface area contributed by atoms with Gasteiger partial charge in [0.05, 0.1) is 23.3 Å². The maximum atomic E-state index is 12.6. The smallest absolute Gasteiger partial charge is 0.261 e. The Bertz CT molecular complexity index is 1290. The summed E-state index contributed by atoms with van der Waals surface area (Å²) >= 11 is 0. The SMILES string of the molecule is Cc1cc(C(O)C(C)NCCCn2cnc3ccccc3c2=O)ccc1OCc1ccccc1. The van der Waals surface area contributed by atoms with Crippen LogP contribution in [-0.4, -0.2) is 27.2 Å². The predicted octanol–water partition coefficient (Wildman–Crippen LogP) is 4.39. The van der Waals surface area contributed by atoms with E-state index in [9.17, 15) is 9.90 Å². The number of ether oxygens (including phenoxy) is 1. The molecule has 176 valence electrons. The molecule has 0 aliphatic carbocycles. The van der Waals surface area contributed by atoms with E-state index in [0.29, 0.717) is 30.6 Å². The molecule has 0 saturated carbocycles. The van der Waals surface area contributed by atoms with Gasteiger partial charge in [-0.2, -0.15) is 0 Å². The van der Waals surface area contributed by atoms with Gasteiger partial charge >= 0.3 is 0 Å². The van der Waals surface area contributed by atoms with E-state index >= 15 is 0 Å². The third-order valence-corrected chi connectivity index (χ3v) is 6.02. The minimum absolute atomic E-state index is 0.0243.